The number of carbonyl (C=O) groups excluding carboxylic acids is 1. The number of hydrogen-bond donors (Lipinski definition) is 1. The van der Waals surface area contributed by atoms with E-state index in [-0.39, 0.29) is 11.9 Å². The molecule has 0 unspecified atom stereocenters. The van der Waals surface area contributed by atoms with Gasteiger partial charge in [0, 0.05) is 22.1 Å². The largest absolute Gasteiger partial charge is 0.451 e. The maximum Gasteiger partial charge on any atom is 0.287 e. The quantitative estimate of drug-likeness (QED) is 0.866. The Balaban J connectivity index is 1.48. The van der Waals surface area contributed by atoms with Crippen LogP contribution in [0.3, 0.4) is 0 Å². The number of hydrogen-bond acceptors (Lipinski definition) is 3. The van der Waals surface area contributed by atoms with Gasteiger partial charge in [-0.2, -0.15) is 0 Å². The van der Waals surface area contributed by atoms with Gasteiger partial charge in [-0.15, -0.1) is 0 Å². The fourth-order valence-corrected chi connectivity index (χ4v) is 4.26. The second-order valence-electron chi connectivity index (χ2n) is 6.78. The van der Waals surface area contributed by atoms with E-state index < -0.39 is 0 Å². The molecule has 3 aliphatic rings. The number of fused-ring (bicyclic) bond motifs is 3. The Kier molecular flexibility index (Phi) is 4.22. The van der Waals surface area contributed by atoms with Crippen LogP contribution in [-0.4, -0.2) is 36.0 Å². The van der Waals surface area contributed by atoms with Crippen LogP contribution in [0.2, 0.25) is 0 Å². The van der Waals surface area contributed by atoms with Gasteiger partial charge in [0.05, 0.1) is 0 Å². The predicted octanol–water partition coefficient (Wildman–Crippen LogP) is 3.92. The fourth-order valence-electron chi connectivity index (χ4n) is 4.00. The summed E-state index contributed by atoms with van der Waals surface area (Å²) >= 11 is 3.42. The SMILES string of the molecule is C[C@H]1[C@H](NC(=O)c2ccc(-c3ccc(Br)cc3)o2)C2CCN1CC2. The van der Waals surface area contributed by atoms with E-state index in [4.69, 9.17) is 4.42 Å². The molecule has 1 aromatic heterocycles. The molecule has 2 aromatic rings. The van der Waals surface area contributed by atoms with Crippen molar-refractivity contribution in [1.29, 1.82) is 0 Å². The van der Waals surface area contributed by atoms with Gasteiger partial charge in [-0.1, -0.05) is 28.1 Å². The summed E-state index contributed by atoms with van der Waals surface area (Å²) in [5.74, 6) is 1.59. The standard InChI is InChI=1S/C19H21BrN2O2/c1-12-18(14-8-10-22(12)11-9-14)21-19(23)17-7-6-16(24-17)13-2-4-15(20)5-3-13/h2-7,12,14,18H,8-11H2,1H3,(H,21,23)/t12-,18-/m0/s1. The normalized spacial score (nSPS) is 28.8. The first-order valence-electron chi connectivity index (χ1n) is 8.52. The fraction of sp³-hybridized carbons (Fsp3) is 0.421. The minimum absolute atomic E-state index is 0.107. The van der Waals surface area contributed by atoms with Gasteiger partial charge in [0.25, 0.3) is 5.91 Å². The van der Waals surface area contributed by atoms with Gasteiger partial charge in [0.2, 0.25) is 0 Å². The molecule has 3 aliphatic heterocycles. The molecule has 3 saturated heterocycles. The summed E-state index contributed by atoms with van der Waals surface area (Å²) in [5.41, 5.74) is 0.966. The molecule has 0 radical (unpaired) electrons. The van der Waals surface area contributed by atoms with Crippen molar-refractivity contribution in [1.82, 2.24) is 10.2 Å². The van der Waals surface area contributed by atoms with Crippen LogP contribution in [0.15, 0.2) is 45.3 Å². The van der Waals surface area contributed by atoms with E-state index >= 15 is 0 Å². The van der Waals surface area contributed by atoms with Crippen LogP contribution in [0.1, 0.15) is 30.3 Å². The minimum atomic E-state index is -0.107. The number of benzene rings is 1. The highest BCUT2D eigenvalue weighted by molar-refractivity contribution is 9.10. The van der Waals surface area contributed by atoms with Crippen LogP contribution >= 0.6 is 15.9 Å². The van der Waals surface area contributed by atoms with E-state index in [2.05, 4.69) is 33.1 Å². The molecule has 5 rings (SSSR count). The molecule has 2 atom stereocenters. The molecule has 1 aromatic carbocycles. The molecule has 1 amide bonds. The zero-order valence-electron chi connectivity index (χ0n) is 13.7. The van der Waals surface area contributed by atoms with Gasteiger partial charge in [-0.3, -0.25) is 9.69 Å². The minimum Gasteiger partial charge on any atom is -0.451 e. The lowest BCUT2D eigenvalue weighted by atomic mass is 9.79. The summed E-state index contributed by atoms with van der Waals surface area (Å²) < 4.78 is 6.81. The number of furan rings is 1. The highest BCUT2D eigenvalue weighted by atomic mass is 79.9. The molecule has 4 heterocycles. The van der Waals surface area contributed by atoms with E-state index in [1.165, 1.54) is 12.8 Å². The Bertz CT molecular complexity index is 730. The van der Waals surface area contributed by atoms with Crippen LogP contribution in [0, 0.1) is 5.92 Å². The molecular weight excluding hydrogens is 368 g/mol. The molecule has 0 spiro atoms. The summed E-state index contributed by atoms with van der Waals surface area (Å²) in [6.45, 7) is 4.53. The third-order valence-corrected chi connectivity index (χ3v) is 5.96. The summed E-state index contributed by atoms with van der Waals surface area (Å²) in [6.07, 6.45) is 2.36. The number of nitrogens with one attached hydrogen (secondary N) is 1. The molecule has 4 nitrogen and oxygen atoms in total. The van der Waals surface area contributed by atoms with Crippen LogP contribution in [0.4, 0.5) is 0 Å². The second kappa shape index (κ2) is 6.37. The van der Waals surface area contributed by atoms with Gasteiger partial charge in [-0.25, -0.2) is 0 Å². The van der Waals surface area contributed by atoms with Gasteiger partial charge >= 0.3 is 0 Å². The Morgan fingerprint density at radius 2 is 1.88 bits per heavy atom. The number of halogens is 1. The first kappa shape index (κ1) is 15.9. The Labute approximate surface area is 150 Å². The molecule has 2 bridgehead atoms. The van der Waals surface area contributed by atoms with Crippen LogP contribution in [0.25, 0.3) is 11.3 Å². The Morgan fingerprint density at radius 3 is 2.54 bits per heavy atom. The van der Waals surface area contributed by atoms with Gasteiger partial charge < -0.3 is 9.73 Å². The molecular formula is C19H21BrN2O2. The third-order valence-electron chi connectivity index (χ3n) is 5.43. The number of nitrogens with zero attached hydrogens (tertiary/aromatic N) is 1. The van der Waals surface area contributed by atoms with Crippen molar-refractivity contribution >= 4 is 21.8 Å². The Hall–Kier alpha value is -1.59. The molecule has 1 N–H and O–H groups in total. The second-order valence-corrected chi connectivity index (χ2v) is 7.70. The van der Waals surface area contributed by atoms with Gasteiger partial charge in [0.15, 0.2) is 5.76 Å². The zero-order valence-corrected chi connectivity index (χ0v) is 15.3. The lowest BCUT2D eigenvalue weighted by Gasteiger charge is -2.49. The van der Waals surface area contributed by atoms with Crippen LogP contribution < -0.4 is 5.32 Å². The predicted molar refractivity (Wildman–Crippen MR) is 96.9 cm³/mol. The topological polar surface area (TPSA) is 45.5 Å². The summed E-state index contributed by atoms with van der Waals surface area (Å²) in [5, 5.41) is 3.21. The van der Waals surface area contributed by atoms with Crippen molar-refractivity contribution in [3.8, 4) is 11.3 Å². The highest BCUT2D eigenvalue weighted by Crippen LogP contribution is 2.32. The summed E-state index contributed by atoms with van der Waals surface area (Å²) in [6, 6.07) is 12.1. The van der Waals surface area contributed by atoms with Gasteiger partial charge in [-0.05, 0) is 63.0 Å². The van der Waals surface area contributed by atoms with Crippen molar-refractivity contribution in [3.63, 3.8) is 0 Å². The lowest BCUT2D eigenvalue weighted by Crippen LogP contribution is -2.62. The van der Waals surface area contributed by atoms with E-state index in [0.29, 0.717) is 17.7 Å². The number of carbonyl (C=O) groups is 1. The van der Waals surface area contributed by atoms with E-state index in [0.717, 1.165) is 28.9 Å². The van der Waals surface area contributed by atoms with E-state index in [1.807, 2.05) is 30.3 Å². The first-order valence-corrected chi connectivity index (χ1v) is 9.32. The van der Waals surface area contributed by atoms with Crippen molar-refractivity contribution < 1.29 is 9.21 Å². The van der Waals surface area contributed by atoms with E-state index in [9.17, 15) is 4.79 Å². The van der Waals surface area contributed by atoms with Crippen molar-refractivity contribution in [2.75, 3.05) is 13.1 Å². The lowest BCUT2D eigenvalue weighted by molar-refractivity contribution is 0.0211. The molecule has 0 aliphatic carbocycles. The van der Waals surface area contributed by atoms with E-state index in [1.54, 1.807) is 6.07 Å². The maximum atomic E-state index is 12.6. The summed E-state index contributed by atoms with van der Waals surface area (Å²) in [4.78, 5) is 15.1. The third kappa shape index (κ3) is 2.91. The Morgan fingerprint density at radius 1 is 1.17 bits per heavy atom. The maximum absolute atomic E-state index is 12.6. The molecule has 24 heavy (non-hydrogen) atoms. The average molecular weight is 389 g/mol. The van der Waals surface area contributed by atoms with Crippen LogP contribution in [0.5, 0.6) is 0 Å². The molecule has 126 valence electrons. The monoisotopic (exact) mass is 388 g/mol. The highest BCUT2D eigenvalue weighted by Gasteiger charge is 2.40. The van der Waals surface area contributed by atoms with Gasteiger partial charge in [0.1, 0.15) is 5.76 Å². The first-order chi connectivity index (χ1) is 11.6. The number of rotatable bonds is 3. The number of piperidine rings is 3. The summed E-state index contributed by atoms with van der Waals surface area (Å²) in [7, 11) is 0. The number of amides is 1. The average Bonchev–Trinajstić information content (AvgIpc) is 3.09. The van der Waals surface area contributed by atoms with Crippen molar-refractivity contribution in [2.45, 2.75) is 31.8 Å². The van der Waals surface area contributed by atoms with Crippen molar-refractivity contribution in [2.24, 2.45) is 5.92 Å². The van der Waals surface area contributed by atoms with Crippen LogP contribution in [-0.2, 0) is 0 Å². The molecule has 3 fully saturated rings. The molecule has 0 saturated carbocycles. The smallest absolute Gasteiger partial charge is 0.287 e. The molecule has 5 heteroatoms. The zero-order chi connectivity index (χ0) is 16.7. The van der Waals surface area contributed by atoms with Crippen molar-refractivity contribution in [3.05, 3.63) is 46.6 Å².